The Balaban J connectivity index is 1.69. The highest BCUT2D eigenvalue weighted by molar-refractivity contribution is 9.10. The fourth-order valence-corrected chi connectivity index (χ4v) is 5.60. The van der Waals surface area contributed by atoms with Gasteiger partial charge in [0.25, 0.3) is 0 Å². The van der Waals surface area contributed by atoms with E-state index in [2.05, 4.69) is 30.8 Å². The van der Waals surface area contributed by atoms with E-state index in [-0.39, 0.29) is 39.7 Å². The number of nitrogens with zero attached hydrogens (tertiary/aromatic N) is 4. The molecule has 1 aromatic heterocycles. The van der Waals surface area contributed by atoms with E-state index in [4.69, 9.17) is 5.73 Å². The van der Waals surface area contributed by atoms with Gasteiger partial charge in [0, 0.05) is 44.7 Å². The molecule has 2 aliphatic rings. The Kier molecular flexibility index (Phi) is 5.97. The van der Waals surface area contributed by atoms with E-state index in [1.165, 1.54) is 0 Å². The van der Waals surface area contributed by atoms with Gasteiger partial charge in [-0.1, -0.05) is 0 Å². The average molecular weight is 516 g/mol. The normalized spacial score (nSPS) is 18.2. The van der Waals surface area contributed by atoms with Crippen molar-refractivity contribution >= 4 is 37.5 Å². The number of sulfone groups is 1. The number of primary amides is 1. The van der Waals surface area contributed by atoms with Crippen molar-refractivity contribution in [3.63, 3.8) is 0 Å². The van der Waals surface area contributed by atoms with Gasteiger partial charge in [0.2, 0.25) is 5.91 Å². The molecule has 0 spiro atoms. The molecule has 1 saturated heterocycles. The smallest absolute Gasteiger partial charge is 0.218 e. The van der Waals surface area contributed by atoms with Gasteiger partial charge in [0.1, 0.15) is 17.5 Å². The quantitative estimate of drug-likeness (QED) is 0.602. The number of carbonyl (C=O) groups excluding carboxylic acids is 1. The van der Waals surface area contributed by atoms with Crippen LogP contribution in [0.3, 0.4) is 0 Å². The number of anilines is 1. The van der Waals surface area contributed by atoms with Crippen LogP contribution in [0.4, 0.5) is 14.6 Å². The number of benzene rings is 1. The molecule has 0 unspecified atom stereocenters. The van der Waals surface area contributed by atoms with Crippen LogP contribution in [0.1, 0.15) is 17.7 Å². The monoisotopic (exact) mass is 515 g/mol. The summed E-state index contributed by atoms with van der Waals surface area (Å²) in [6, 6.07) is 1.99. The van der Waals surface area contributed by atoms with E-state index in [0.717, 1.165) is 12.1 Å². The lowest BCUT2D eigenvalue weighted by Crippen LogP contribution is -2.47. The van der Waals surface area contributed by atoms with Crippen LogP contribution in [-0.4, -0.2) is 61.9 Å². The highest BCUT2D eigenvalue weighted by Gasteiger charge is 2.33. The van der Waals surface area contributed by atoms with E-state index < -0.39 is 21.5 Å². The standard InChI is InChI=1S/C19H20BrF2N5O3S/c20-13-8-14(21)11(7-15(13)22)18-24-16-10-31(29,30)9-12(16)19(25-18)27-5-3-26(4-6-27)2-1-17(23)28/h7-8H,1-6,9-10H2,(H2,23,28). The maximum absolute atomic E-state index is 14.5. The highest BCUT2D eigenvalue weighted by Crippen LogP contribution is 2.35. The van der Waals surface area contributed by atoms with Gasteiger partial charge in [-0.05, 0) is 28.1 Å². The van der Waals surface area contributed by atoms with E-state index in [1.807, 2.05) is 4.90 Å². The number of piperazine rings is 1. The Labute approximate surface area is 186 Å². The van der Waals surface area contributed by atoms with Gasteiger partial charge in [0.05, 0.1) is 27.2 Å². The molecule has 0 bridgehead atoms. The zero-order valence-electron chi connectivity index (χ0n) is 16.4. The number of aromatic nitrogens is 2. The van der Waals surface area contributed by atoms with Crippen LogP contribution < -0.4 is 10.6 Å². The predicted octanol–water partition coefficient (Wildman–Crippen LogP) is 1.61. The maximum Gasteiger partial charge on any atom is 0.218 e. The number of fused-ring (bicyclic) bond motifs is 1. The summed E-state index contributed by atoms with van der Waals surface area (Å²) in [7, 11) is -3.39. The second kappa shape index (κ2) is 8.40. The van der Waals surface area contributed by atoms with Crippen molar-refractivity contribution in [1.82, 2.24) is 14.9 Å². The lowest BCUT2D eigenvalue weighted by Gasteiger charge is -2.36. The second-order valence-electron chi connectivity index (χ2n) is 7.62. The van der Waals surface area contributed by atoms with Crippen LogP contribution in [0, 0.1) is 11.6 Å². The molecular weight excluding hydrogens is 496 g/mol. The van der Waals surface area contributed by atoms with E-state index in [9.17, 15) is 22.0 Å². The minimum atomic E-state index is -3.39. The van der Waals surface area contributed by atoms with Crippen LogP contribution >= 0.6 is 15.9 Å². The third-order valence-corrected chi connectivity index (χ3v) is 7.44. The Bertz CT molecular complexity index is 1150. The van der Waals surface area contributed by atoms with E-state index in [0.29, 0.717) is 49.8 Å². The van der Waals surface area contributed by atoms with Gasteiger partial charge < -0.3 is 10.6 Å². The number of hydrogen-bond donors (Lipinski definition) is 1. The van der Waals surface area contributed by atoms with Crippen molar-refractivity contribution in [3.8, 4) is 11.4 Å². The summed E-state index contributed by atoms with van der Waals surface area (Å²) < 4.78 is 53.1. The van der Waals surface area contributed by atoms with Crippen molar-refractivity contribution in [2.75, 3.05) is 37.6 Å². The van der Waals surface area contributed by atoms with Crippen LogP contribution in [0.15, 0.2) is 16.6 Å². The van der Waals surface area contributed by atoms with Gasteiger partial charge in [-0.15, -0.1) is 0 Å². The molecule has 0 atom stereocenters. The molecule has 8 nitrogen and oxygen atoms in total. The minimum Gasteiger partial charge on any atom is -0.370 e. The highest BCUT2D eigenvalue weighted by atomic mass is 79.9. The molecule has 12 heteroatoms. The van der Waals surface area contributed by atoms with Crippen molar-refractivity contribution in [3.05, 3.63) is 39.5 Å². The van der Waals surface area contributed by atoms with Gasteiger partial charge in [0.15, 0.2) is 15.7 Å². The van der Waals surface area contributed by atoms with Gasteiger partial charge in [-0.2, -0.15) is 0 Å². The van der Waals surface area contributed by atoms with Gasteiger partial charge in [-0.25, -0.2) is 27.2 Å². The third kappa shape index (κ3) is 4.70. The van der Waals surface area contributed by atoms with E-state index >= 15 is 0 Å². The van der Waals surface area contributed by atoms with Crippen LogP contribution in [-0.2, 0) is 26.1 Å². The minimum absolute atomic E-state index is 0.0233. The topological polar surface area (TPSA) is 109 Å². The first kappa shape index (κ1) is 22.0. The fraction of sp³-hybridized carbons (Fsp3) is 0.421. The van der Waals surface area contributed by atoms with Gasteiger partial charge in [-0.3, -0.25) is 9.69 Å². The Morgan fingerprint density at radius 2 is 1.81 bits per heavy atom. The number of hydrogen-bond acceptors (Lipinski definition) is 7. The second-order valence-corrected chi connectivity index (χ2v) is 10.5. The lowest BCUT2D eigenvalue weighted by atomic mass is 10.1. The molecule has 0 saturated carbocycles. The number of nitrogens with two attached hydrogens (primary N) is 1. The van der Waals surface area contributed by atoms with Crippen molar-refractivity contribution in [2.24, 2.45) is 5.73 Å². The molecule has 4 rings (SSSR count). The summed E-state index contributed by atoms with van der Waals surface area (Å²) in [5.41, 5.74) is 5.90. The molecule has 0 radical (unpaired) electrons. The molecule has 3 heterocycles. The largest absolute Gasteiger partial charge is 0.370 e. The molecule has 31 heavy (non-hydrogen) atoms. The number of carbonyl (C=O) groups is 1. The Morgan fingerprint density at radius 3 is 2.48 bits per heavy atom. The summed E-state index contributed by atoms with van der Waals surface area (Å²) in [6.45, 7) is 2.90. The van der Waals surface area contributed by atoms with Crippen molar-refractivity contribution < 1.29 is 22.0 Å². The number of amides is 1. The first-order valence-corrected chi connectivity index (χ1v) is 12.2. The molecule has 1 fully saturated rings. The maximum atomic E-state index is 14.5. The molecule has 2 aliphatic heterocycles. The lowest BCUT2D eigenvalue weighted by molar-refractivity contribution is -0.118. The zero-order chi connectivity index (χ0) is 22.3. The average Bonchev–Trinajstić information content (AvgIpc) is 3.02. The summed E-state index contributed by atoms with van der Waals surface area (Å²) in [4.78, 5) is 23.8. The zero-order valence-corrected chi connectivity index (χ0v) is 18.8. The Morgan fingerprint density at radius 1 is 1.10 bits per heavy atom. The summed E-state index contributed by atoms with van der Waals surface area (Å²) in [5.74, 6) is -1.81. The number of rotatable bonds is 5. The van der Waals surface area contributed by atoms with Crippen LogP contribution in [0.2, 0.25) is 0 Å². The fourth-order valence-electron chi connectivity index (χ4n) is 3.79. The molecule has 2 N–H and O–H groups in total. The molecule has 1 amide bonds. The molecule has 1 aromatic carbocycles. The predicted molar refractivity (Wildman–Crippen MR) is 114 cm³/mol. The first-order chi connectivity index (χ1) is 14.6. The molecule has 2 aromatic rings. The van der Waals surface area contributed by atoms with Crippen LogP contribution in [0.25, 0.3) is 11.4 Å². The van der Waals surface area contributed by atoms with Crippen molar-refractivity contribution in [2.45, 2.75) is 17.9 Å². The third-order valence-electron chi connectivity index (χ3n) is 5.39. The SMILES string of the molecule is NC(=O)CCN1CCN(c2nc(-c3cc(F)c(Br)cc3F)nc3c2CS(=O)(=O)C3)CC1. The molecule has 0 aliphatic carbocycles. The number of halogens is 3. The van der Waals surface area contributed by atoms with E-state index in [1.54, 1.807) is 0 Å². The van der Waals surface area contributed by atoms with Crippen LogP contribution in [0.5, 0.6) is 0 Å². The van der Waals surface area contributed by atoms with Gasteiger partial charge >= 0.3 is 0 Å². The summed E-state index contributed by atoms with van der Waals surface area (Å²) >= 11 is 2.94. The summed E-state index contributed by atoms with van der Waals surface area (Å²) in [5, 5.41) is 0. The summed E-state index contributed by atoms with van der Waals surface area (Å²) in [6.07, 6.45) is 0.264. The molecule has 166 valence electrons. The molecular formula is C19H20BrF2N5O3S. The van der Waals surface area contributed by atoms with Crippen molar-refractivity contribution in [1.29, 1.82) is 0 Å². The Hall–Kier alpha value is -2.18. The first-order valence-electron chi connectivity index (χ1n) is 9.63.